The third-order valence-corrected chi connectivity index (χ3v) is 4.98. The van der Waals surface area contributed by atoms with Crippen LogP contribution in [0, 0.1) is 0 Å². The average molecular weight is 581 g/mol. The number of benzene rings is 2. The first-order valence-electron chi connectivity index (χ1n) is 13.7. The fourth-order valence-electron chi connectivity index (χ4n) is 3.23. The number of hydrogen-bond donors (Lipinski definition) is 0. The summed E-state index contributed by atoms with van der Waals surface area (Å²) in [6.45, 7) is 17.4. The minimum absolute atomic E-state index is 0.0617. The van der Waals surface area contributed by atoms with Crippen molar-refractivity contribution in [1.29, 1.82) is 0 Å². The number of ether oxygens (including phenoxy) is 5. The Morgan fingerprint density at radius 1 is 0.829 bits per heavy atom. The van der Waals surface area contributed by atoms with Gasteiger partial charge in [0.2, 0.25) is 0 Å². The standard InChI is InChI=1S/C25H32F2N2O5.C3H6.2C2H6/c1-7-21(24(26)27)34-25(28-8-2)29(15-17-9-11-19(30-3)13-22(17)32-5)16-18-10-12-20(31-4)14-23(18)33-6;1-3-2;2*1-2/h7,9-14,24H,8,15-16H2,1-6H3;3H,1H2,2H3;2*1-2H3/b21-7-,28-25?;;;. The molecule has 9 heteroatoms. The van der Waals surface area contributed by atoms with Crippen LogP contribution in [-0.2, 0) is 17.8 Å². The van der Waals surface area contributed by atoms with E-state index in [0.29, 0.717) is 29.5 Å². The van der Waals surface area contributed by atoms with Crippen molar-refractivity contribution in [3.8, 4) is 23.0 Å². The van der Waals surface area contributed by atoms with Crippen molar-refractivity contribution in [3.63, 3.8) is 0 Å². The van der Waals surface area contributed by atoms with Gasteiger partial charge in [-0.1, -0.05) is 33.8 Å². The SMILES string of the molecule is C/C=C(\OC(=NCC)N(Cc1ccc(OC)cc1OC)Cc1ccc(OC)cc1OC)C(F)F.C=CC.CC.CC. The third-order valence-electron chi connectivity index (χ3n) is 4.98. The van der Waals surface area contributed by atoms with Crippen LogP contribution in [-0.4, -0.2) is 52.3 Å². The van der Waals surface area contributed by atoms with Crippen LogP contribution in [0.2, 0.25) is 0 Å². The summed E-state index contributed by atoms with van der Waals surface area (Å²) in [5, 5.41) is 0. The summed E-state index contributed by atoms with van der Waals surface area (Å²) in [5.74, 6) is 1.97. The molecule has 0 saturated heterocycles. The maximum absolute atomic E-state index is 13.5. The van der Waals surface area contributed by atoms with E-state index in [2.05, 4.69) is 11.6 Å². The predicted octanol–water partition coefficient (Wildman–Crippen LogP) is 8.53. The number of methoxy groups -OCH3 is 4. The van der Waals surface area contributed by atoms with Gasteiger partial charge in [-0.05, 0) is 51.1 Å². The maximum Gasteiger partial charge on any atom is 0.295 e. The molecule has 0 aliphatic rings. The van der Waals surface area contributed by atoms with Crippen LogP contribution in [0.25, 0.3) is 0 Å². The second-order valence-corrected chi connectivity index (χ2v) is 7.47. The zero-order valence-corrected chi connectivity index (χ0v) is 26.7. The molecule has 0 atom stereocenters. The molecule has 41 heavy (non-hydrogen) atoms. The van der Waals surface area contributed by atoms with Gasteiger partial charge in [0.25, 0.3) is 12.4 Å². The minimum atomic E-state index is -2.78. The summed E-state index contributed by atoms with van der Waals surface area (Å²) in [6, 6.07) is 10.9. The molecule has 0 heterocycles. The largest absolute Gasteiger partial charge is 0.497 e. The Labute approximate surface area is 246 Å². The molecule has 0 aliphatic heterocycles. The average Bonchev–Trinajstić information content (AvgIpc) is 3.01. The van der Waals surface area contributed by atoms with Gasteiger partial charge in [-0.15, -0.1) is 6.58 Å². The Balaban J connectivity index is 0. The van der Waals surface area contributed by atoms with Crippen molar-refractivity contribution in [3.05, 3.63) is 72.0 Å². The molecule has 0 bridgehead atoms. The van der Waals surface area contributed by atoms with Crippen LogP contribution in [0.5, 0.6) is 23.0 Å². The maximum atomic E-state index is 13.5. The summed E-state index contributed by atoms with van der Waals surface area (Å²) >= 11 is 0. The van der Waals surface area contributed by atoms with Gasteiger partial charge in [0, 0.05) is 29.8 Å². The van der Waals surface area contributed by atoms with Crippen LogP contribution in [0.1, 0.15) is 59.6 Å². The van der Waals surface area contributed by atoms with E-state index >= 15 is 0 Å². The second-order valence-electron chi connectivity index (χ2n) is 7.47. The predicted molar refractivity (Wildman–Crippen MR) is 166 cm³/mol. The van der Waals surface area contributed by atoms with Gasteiger partial charge >= 0.3 is 0 Å². The topological polar surface area (TPSA) is 61.8 Å². The van der Waals surface area contributed by atoms with Crippen molar-refractivity contribution in [2.75, 3.05) is 35.0 Å². The molecule has 0 aromatic heterocycles. The number of alkyl halides is 2. The number of hydrogen-bond acceptors (Lipinski definition) is 6. The highest BCUT2D eigenvalue weighted by molar-refractivity contribution is 5.75. The number of halogens is 2. The van der Waals surface area contributed by atoms with Gasteiger partial charge in [-0.2, -0.15) is 0 Å². The van der Waals surface area contributed by atoms with Gasteiger partial charge in [0.15, 0.2) is 5.76 Å². The van der Waals surface area contributed by atoms with Crippen molar-refractivity contribution < 1.29 is 32.5 Å². The lowest BCUT2D eigenvalue weighted by molar-refractivity contribution is 0.121. The Kier molecular flexibility index (Phi) is 23.1. The number of allylic oxidation sites excluding steroid dienone is 3. The summed E-state index contributed by atoms with van der Waals surface area (Å²) < 4.78 is 54.2. The highest BCUT2D eigenvalue weighted by Gasteiger charge is 2.23. The number of nitrogens with zero attached hydrogens (tertiary/aromatic N) is 2. The molecule has 2 aromatic carbocycles. The van der Waals surface area contributed by atoms with E-state index < -0.39 is 12.2 Å². The van der Waals surface area contributed by atoms with Crippen LogP contribution >= 0.6 is 0 Å². The van der Waals surface area contributed by atoms with Crippen molar-refractivity contribution in [2.24, 2.45) is 4.99 Å². The highest BCUT2D eigenvalue weighted by atomic mass is 19.3. The second kappa shape index (κ2) is 24.1. The molecule has 0 radical (unpaired) electrons. The fourth-order valence-corrected chi connectivity index (χ4v) is 3.23. The zero-order chi connectivity index (χ0) is 31.8. The van der Waals surface area contributed by atoms with Crippen LogP contribution in [0.3, 0.4) is 0 Å². The van der Waals surface area contributed by atoms with Gasteiger partial charge < -0.3 is 28.6 Å². The lowest BCUT2D eigenvalue weighted by Crippen LogP contribution is -2.33. The van der Waals surface area contributed by atoms with Gasteiger partial charge in [0.05, 0.1) is 41.5 Å². The Morgan fingerprint density at radius 3 is 1.54 bits per heavy atom. The highest BCUT2D eigenvalue weighted by Crippen LogP contribution is 2.30. The van der Waals surface area contributed by atoms with E-state index in [-0.39, 0.29) is 19.1 Å². The van der Waals surface area contributed by atoms with E-state index in [1.165, 1.54) is 13.0 Å². The smallest absolute Gasteiger partial charge is 0.295 e. The number of rotatable bonds is 11. The van der Waals surface area contributed by atoms with Gasteiger partial charge in [-0.3, -0.25) is 0 Å². The molecule has 2 aromatic rings. The molecule has 0 spiro atoms. The van der Waals surface area contributed by atoms with E-state index in [4.69, 9.17) is 23.7 Å². The lowest BCUT2D eigenvalue weighted by Gasteiger charge is -2.28. The van der Waals surface area contributed by atoms with Crippen LogP contribution in [0.15, 0.2) is 65.9 Å². The molecular weight excluding hydrogens is 530 g/mol. The molecule has 232 valence electrons. The Hall–Kier alpha value is -3.75. The quantitative estimate of drug-likeness (QED) is 0.115. The molecule has 0 N–H and O–H groups in total. The summed E-state index contributed by atoms with van der Waals surface area (Å²) in [5.41, 5.74) is 1.59. The molecule has 0 unspecified atom stereocenters. The van der Waals surface area contributed by atoms with Gasteiger partial charge in [-0.25, -0.2) is 13.8 Å². The van der Waals surface area contributed by atoms with Crippen LogP contribution < -0.4 is 18.9 Å². The lowest BCUT2D eigenvalue weighted by atomic mass is 10.1. The van der Waals surface area contributed by atoms with Crippen molar-refractivity contribution in [2.45, 2.75) is 68.0 Å². The van der Waals surface area contributed by atoms with E-state index in [1.807, 2.05) is 46.8 Å². The molecule has 7 nitrogen and oxygen atoms in total. The molecule has 0 amide bonds. The molecular formula is C32H50F2N2O5. The van der Waals surface area contributed by atoms with Crippen molar-refractivity contribution >= 4 is 6.02 Å². The van der Waals surface area contributed by atoms with Gasteiger partial charge in [0.1, 0.15) is 23.0 Å². The zero-order valence-electron chi connectivity index (χ0n) is 26.7. The van der Waals surface area contributed by atoms with E-state index in [1.54, 1.807) is 70.6 Å². The van der Waals surface area contributed by atoms with E-state index in [9.17, 15) is 8.78 Å². The monoisotopic (exact) mass is 580 g/mol. The van der Waals surface area contributed by atoms with Crippen LogP contribution in [0.4, 0.5) is 8.78 Å². The van der Waals surface area contributed by atoms with Crippen molar-refractivity contribution in [1.82, 2.24) is 4.90 Å². The molecule has 0 aliphatic carbocycles. The van der Waals surface area contributed by atoms with E-state index in [0.717, 1.165) is 11.1 Å². The summed E-state index contributed by atoms with van der Waals surface area (Å²) in [4.78, 5) is 6.13. The Morgan fingerprint density at radius 2 is 1.24 bits per heavy atom. The molecule has 0 saturated carbocycles. The molecule has 0 fully saturated rings. The summed E-state index contributed by atoms with van der Waals surface area (Å²) in [7, 11) is 6.25. The first-order chi connectivity index (χ1) is 19.8. The fraction of sp³-hybridized carbons (Fsp3) is 0.469. The first kappa shape index (κ1) is 39.4. The number of aliphatic imine (C=N–C) groups is 1. The third kappa shape index (κ3) is 13.9. The molecule has 2 rings (SSSR count). The minimum Gasteiger partial charge on any atom is -0.497 e. The Bertz CT molecular complexity index is 985. The summed E-state index contributed by atoms with van der Waals surface area (Å²) in [6.07, 6.45) is 0.204. The normalized spacial score (nSPS) is 10.5. The first-order valence-corrected chi connectivity index (χ1v) is 13.7. The number of amidine groups is 1.